The van der Waals surface area contributed by atoms with Gasteiger partial charge in [0.25, 0.3) is 5.91 Å². The van der Waals surface area contributed by atoms with Crippen LogP contribution in [0.25, 0.3) is 0 Å². The molecule has 0 radical (unpaired) electrons. The van der Waals surface area contributed by atoms with Crippen molar-refractivity contribution < 1.29 is 19.1 Å². The molecule has 1 aliphatic rings. The maximum Gasteiger partial charge on any atom is 0.338 e. The van der Waals surface area contributed by atoms with Gasteiger partial charge in [-0.15, -0.1) is 0 Å². The molecule has 2 amide bonds. The highest BCUT2D eigenvalue weighted by Crippen LogP contribution is 2.23. The zero-order valence-corrected chi connectivity index (χ0v) is 17.7. The number of anilines is 1. The van der Waals surface area contributed by atoms with Gasteiger partial charge in [0, 0.05) is 10.7 Å². The van der Waals surface area contributed by atoms with Gasteiger partial charge in [-0.3, -0.25) is 19.5 Å². The van der Waals surface area contributed by atoms with Crippen molar-refractivity contribution in [2.75, 3.05) is 11.5 Å². The molecule has 1 heterocycles. The summed E-state index contributed by atoms with van der Waals surface area (Å²) in [5, 5.41) is 2.54. The lowest BCUT2D eigenvalue weighted by Crippen LogP contribution is -2.58. The van der Waals surface area contributed by atoms with E-state index in [1.165, 1.54) is 17.2 Å². The summed E-state index contributed by atoms with van der Waals surface area (Å²) in [7, 11) is 0. The number of hydrogen-bond donors (Lipinski definition) is 1. The van der Waals surface area contributed by atoms with Crippen molar-refractivity contribution in [1.82, 2.24) is 5.32 Å². The van der Waals surface area contributed by atoms with Gasteiger partial charge in [0.2, 0.25) is 5.91 Å². The maximum absolute atomic E-state index is 12.9. The predicted octanol–water partition coefficient (Wildman–Crippen LogP) is 3.39. The Morgan fingerprint density at radius 2 is 2.00 bits per heavy atom. The second-order valence-corrected chi connectivity index (χ2v) is 7.27. The molecule has 1 saturated heterocycles. The number of esters is 1. The molecule has 2 aromatic carbocycles. The Bertz CT molecular complexity index is 1010. The number of thiocarbonyl (C=S) groups is 1. The van der Waals surface area contributed by atoms with Crippen LogP contribution in [0.1, 0.15) is 17.3 Å². The molecule has 0 spiro atoms. The lowest BCUT2D eigenvalue weighted by molar-refractivity contribution is -0.130. The first-order valence-electron chi connectivity index (χ1n) is 8.66. The smallest absolute Gasteiger partial charge is 0.338 e. The van der Waals surface area contributed by atoms with Gasteiger partial charge in [0.15, 0.2) is 11.0 Å². The molecule has 0 aliphatic carbocycles. The molecule has 2 aromatic rings. The zero-order valence-electron chi connectivity index (χ0n) is 15.3. The number of aliphatic imine (C=N–C) groups is 1. The third kappa shape index (κ3) is 4.75. The summed E-state index contributed by atoms with van der Waals surface area (Å²) in [5.74, 6) is -2.69. The molecule has 7 nitrogen and oxygen atoms in total. The summed E-state index contributed by atoms with van der Waals surface area (Å²) in [4.78, 5) is 42.5. The van der Waals surface area contributed by atoms with E-state index in [0.717, 1.165) is 4.47 Å². The van der Waals surface area contributed by atoms with Gasteiger partial charge in [-0.05, 0) is 61.6 Å². The lowest BCUT2D eigenvalue weighted by Gasteiger charge is -2.30. The minimum absolute atomic E-state index is 0.0104. The molecule has 0 unspecified atom stereocenters. The fourth-order valence-corrected chi connectivity index (χ4v) is 3.20. The van der Waals surface area contributed by atoms with E-state index in [9.17, 15) is 14.4 Å². The number of halogens is 1. The summed E-state index contributed by atoms with van der Waals surface area (Å²) in [5.41, 5.74) is 1.28. The molecule has 9 heteroatoms. The van der Waals surface area contributed by atoms with E-state index in [4.69, 9.17) is 17.0 Å². The van der Waals surface area contributed by atoms with Crippen LogP contribution in [-0.4, -0.2) is 35.7 Å². The average molecular weight is 474 g/mol. The number of carbonyl (C=O) groups excluding carboxylic acids is 3. The monoisotopic (exact) mass is 473 g/mol. The lowest BCUT2D eigenvalue weighted by atomic mass is 10.1. The molecule has 1 fully saturated rings. The molecule has 148 valence electrons. The van der Waals surface area contributed by atoms with Crippen molar-refractivity contribution in [2.45, 2.75) is 6.92 Å². The molecule has 3 rings (SSSR count). The topological polar surface area (TPSA) is 88.1 Å². The summed E-state index contributed by atoms with van der Waals surface area (Å²) < 4.78 is 5.81. The standard InChI is InChI=1S/C20H16BrN3O4S/c1-2-28-19(27)12-4-3-5-14(10-12)22-11-16-17(25)23-20(29)24(18(16)26)15-8-6-13(21)7-9-15/h3-11,16H,2H2,1H3,(H,23,25,29)/t16-/m0/s1. The van der Waals surface area contributed by atoms with Crippen molar-refractivity contribution in [3.05, 3.63) is 58.6 Å². The Balaban J connectivity index is 1.84. The van der Waals surface area contributed by atoms with Crippen LogP contribution in [0.5, 0.6) is 0 Å². The molecule has 29 heavy (non-hydrogen) atoms. The first kappa shape index (κ1) is 20.8. The number of benzene rings is 2. The number of ether oxygens (including phenoxy) is 1. The number of carbonyl (C=O) groups is 3. The quantitative estimate of drug-likeness (QED) is 0.311. The molecule has 1 atom stereocenters. The van der Waals surface area contributed by atoms with Crippen molar-refractivity contribution in [3.63, 3.8) is 0 Å². The van der Waals surface area contributed by atoms with Crippen LogP contribution in [0.3, 0.4) is 0 Å². The highest BCUT2D eigenvalue weighted by atomic mass is 79.9. The van der Waals surface area contributed by atoms with Crippen molar-refractivity contribution in [3.8, 4) is 0 Å². The van der Waals surface area contributed by atoms with Crippen LogP contribution in [0.15, 0.2) is 58.0 Å². The second-order valence-electron chi connectivity index (χ2n) is 5.97. The van der Waals surface area contributed by atoms with E-state index in [1.807, 2.05) is 0 Å². The number of nitrogens with zero attached hydrogens (tertiary/aromatic N) is 2. The average Bonchev–Trinajstić information content (AvgIpc) is 2.69. The number of rotatable bonds is 5. The van der Waals surface area contributed by atoms with Gasteiger partial charge in [-0.2, -0.15) is 0 Å². The van der Waals surface area contributed by atoms with E-state index in [-0.39, 0.29) is 11.7 Å². The SMILES string of the molecule is CCOC(=O)c1cccc(N=C[C@H]2C(=O)NC(=S)N(c3ccc(Br)cc3)C2=O)c1. The van der Waals surface area contributed by atoms with E-state index >= 15 is 0 Å². The zero-order chi connectivity index (χ0) is 21.0. The van der Waals surface area contributed by atoms with Crippen LogP contribution in [0.4, 0.5) is 11.4 Å². The minimum atomic E-state index is -1.16. The molecule has 1 aliphatic heterocycles. The molecule has 0 aromatic heterocycles. The second kappa shape index (κ2) is 9.06. The third-order valence-electron chi connectivity index (χ3n) is 4.02. The molecular formula is C20H16BrN3O4S. The Labute approximate surface area is 180 Å². The number of hydrogen-bond acceptors (Lipinski definition) is 6. The minimum Gasteiger partial charge on any atom is -0.462 e. The number of amides is 2. The molecule has 1 N–H and O–H groups in total. The van der Waals surface area contributed by atoms with Crippen LogP contribution < -0.4 is 10.2 Å². The summed E-state index contributed by atoms with van der Waals surface area (Å²) in [6.45, 7) is 1.98. The van der Waals surface area contributed by atoms with Crippen molar-refractivity contribution in [2.24, 2.45) is 10.9 Å². The van der Waals surface area contributed by atoms with Crippen LogP contribution in [-0.2, 0) is 14.3 Å². The highest BCUT2D eigenvalue weighted by molar-refractivity contribution is 9.10. The Morgan fingerprint density at radius 3 is 2.69 bits per heavy atom. The van der Waals surface area contributed by atoms with Crippen LogP contribution in [0, 0.1) is 5.92 Å². The fourth-order valence-electron chi connectivity index (χ4n) is 2.64. The third-order valence-corrected chi connectivity index (χ3v) is 4.83. The van der Waals surface area contributed by atoms with E-state index < -0.39 is 23.7 Å². The Hall–Kier alpha value is -2.91. The fraction of sp³-hybridized carbons (Fsp3) is 0.150. The van der Waals surface area contributed by atoms with Gasteiger partial charge >= 0.3 is 5.97 Å². The Morgan fingerprint density at radius 1 is 1.28 bits per heavy atom. The van der Waals surface area contributed by atoms with E-state index in [2.05, 4.69) is 26.2 Å². The summed E-state index contributed by atoms with van der Waals surface area (Å²) in [6.07, 6.45) is 1.25. The molecular weight excluding hydrogens is 458 g/mol. The number of nitrogens with one attached hydrogen (secondary N) is 1. The normalized spacial score (nSPS) is 16.8. The predicted molar refractivity (Wildman–Crippen MR) is 116 cm³/mol. The van der Waals surface area contributed by atoms with Gasteiger partial charge in [0.1, 0.15) is 0 Å². The summed E-state index contributed by atoms with van der Waals surface area (Å²) in [6, 6.07) is 13.4. The van der Waals surface area contributed by atoms with Crippen LogP contribution >= 0.6 is 28.1 Å². The first-order chi connectivity index (χ1) is 13.9. The van der Waals surface area contributed by atoms with Gasteiger partial charge in [0.05, 0.1) is 23.5 Å². The van der Waals surface area contributed by atoms with Crippen LogP contribution in [0.2, 0.25) is 0 Å². The largest absolute Gasteiger partial charge is 0.462 e. The van der Waals surface area contributed by atoms with Gasteiger partial charge in [-0.1, -0.05) is 22.0 Å². The summed E-state index contributed by atoms with van der Waals surface area (Å²) >= 11 is 8.50. The molecule has 0 bridgehead atoms. The maximum atomic E-state index is 12.9. The van der Waals surface area contributed by atoms with Gasteiger partial charge in [-0.25, -0.2) is 4.79 Å². The van der Waals surface area contributed by atoms with E-state index in [0.29, 0.717) is 16.9 Å². The van der Waals surface area contributed by atoms with Crippen molar-refractivity contribution >= 4 is 68.6 Å². The molecule has 0 saturated carbocycles. The van der Waals surface area contributed by atoms with Crippen molar-refractivity contribution in [1.29, 1.82) is 0 Å². The van der Waals surface area contributed by atoms with E-state index in [1.54, 1.807) is 49.4 Å². The Kier molecular flexibility index (Phi) is 6.50. The first-order valence-corrected chi connectivity index (χ1v) is 9.86. The van der Waals surface area contributed by atoms with Gasteiger partial charge < -0.3 is 10.1 Å². The highest BCUT2D eigenvalue weighted by Gasteiger charge is 2.38.